The number of ether oxygens (including phenoxy) is 3. The van der Waals surface area contributed by atoms with Crippen molar-refractivity contribution in [1.82, 2.24) is 9.62 Å². The van der Waals surface area contributed by atoms with Crippen molar-refractivity contribution in [1.29, 1.82) is 0 Å². The zero-order valence-corrected chi connectivity index (χ0v) is 17.5. The van der Waals surface area contributed by atoms with Gasteiger partial charge in [-0.3, -0.25) is 4.79 Å². The highest BCUT2D eigenvalue weighted by Crippen LogP contribution is 2.30. The number of amides is 1. The van der Waals surface area contributed by atoms with Crippen molar-refractivity contribution in [3.05, 3.63) is 18.2 Å². The van der Waals surface area contributed by atoms with Crippen molar-refractivity contribution >= 4 is 34.0 Å². The maximum Gasteiger partial charge on any atom is 0.246 e. The van der Waals surface area contributed by atoms with Crippen LogP contribution < -0.4 is 15.4 Å². The zero-order valence-electron chi connectivity index (χ0n) is 15.8. The van der Waals surface area contributed by atoms with Crippen LogP contribution in [0, 0.1) is 0 Å². The smallest absolute Gasteiger partial charge is 0.246 e. The maximum atomic E-state index is 13.0. The second-order valence-electron chi connectivity index (χ2n) is 6.38. The highest BCUT2D eigenvalue weighted by atomic mass is 35.5. The van der Waals surface area contributed by atoms with Gasteiger partial charge in [-0.1, -0.05) is 0 Å². The second-order valence-corrected chi connectivity index (χ2v) is 8.29. The number of hydrogen-bond donors (Lipinski definition) is 2. The summed E-state index contributed by atoms with van der Waals surface area (Å²) in [5.41, 5.74) is 0.382. The summed E-state index contributed by atoms with van der Waals surface area (Å²) in [5, 5.41) is 5.87. The molecule has 0 aromatic heterocycles. The topological polar surface area (TPSA) is 106 Å². The third-order valence-electron chi connectivity index (χ3n) is 4.62. The molecule has 2 saturated heterocycles. The molecule has 3 rings (SSSR count). The van der Waals surface area contributed by atoms with Crippen molar-refractivity contribution in [2.75, 3.05) is 51.9 Å². The van der Waals surface area contributed by atoms with E-state index >= 15 is 0 Å². The van der Waals surface area contributed by atoms with Gasteiger partial charge in [0.1, 0.15) is 16.7 Å². The number of morpholine rings is 2. The number of sulfonamides is 1. The van der Waals surface area contributed by atoms with Crippen LogP contribution in [-0.2, 0) is 24.3 Å². The summed E-state index contributed by atoms with van der Waals surface area (Å²) in [6.07, 6.45) is -0.270. The fourth-order valence-electron chi connectivity index (χ4n) is 3.13. The standard InChI is InChI=1S/C17H25N3O6S.ClH/c1-12-16(18-5-8-26-12)17(21)19-13-3-4-14(24-2)15(11-13)27(22,23)20-6-9-25-10-7-20;/h3-4,11-12,16,18H,5-10H2,1-2H3,(H,19,21);1H/t12-,16+;/m1./s1. The number of hydrogen-bond acceptors (Lipinski definition) is 7. The summed E-state index contributed by atoms with van der Waals surface area (Å²) in [7, 11) is -2.35. The monoisotopic (exact) mass is 435 g/mol. The highest BCUT2D eigenvalue weighted by molar-refractivity contribution is 7.89. The second kappa shape index (κ2) is 9.86. The van der Waals surface area contributed by atoms with Crippen molar-refractivity contribution in [3.63, 3.8) is 0 Å². The number of carbonyl (C=O) groups is 1. The molecule has 158 valence electrons. The van der Waals surface area contributed by atoms with E-state index in [-0.39, 0.29) is 48.2 Å². The molecule has 0 radical (unpaired) electrons. The third kappa shape index (κ3) is 4.94. The Kier molecular flexibility index (Phi) is 8.05. The first-order chi connectivity index (χ1) is 12.9. The Hall–Kier alpha value is -1.43. The van der Waals surface area contributed by atoms with Gasteiger partial charge in [0.25, 0.3) is 0 Å². The average Bonchev–Trinajstić information content (AvgIpc) is 2.69. The molecule has 1 aromatic rings. The van der Waals surface area contributed by atoms with E-state index in [2.05, 4.69) is 10.6 Å². The molecule has 0 unspecified atom stereocenters. The van der Waals surface area contributed by atoms with Crippen LogP contribution in [0.25, 0.3) is 0 Å². The molecule has 9 nitrogen and oxygen atoms in total. The van der Waals surface area contributed by atoms with E-state index in [1.807, 2.05) is 6.92 Å². The Morgan fingerprint density at radius 2 is 2.00 bits per heavy atom. The number of methoxy groups -OCH3 is 1. The summed E-state index contributed by atoms with van der Waals surface area (Å²) in [6.45, 7) is 4.22. The van der Waals surface area contributed by atoms with Crippen LogP contribution in [0.2, 0.25) is 0 Å². The molecule has 2 heterocycles. The number of halogens is 1. The number of nitrogens with zero attached hydrogens (tertiary/aromatic N) is 1. The summed E-state index contributed by atoms with van der Waals surface area (Å²) < 4.78 is 43.3. The summed E-state index contributed by atoms with van der Waals surface area (Å²) in [6, 6.07) is 4.08. The van der Waals surface area contributed by atoms with Crippen molar-refractivity contribution < 1.29 is 27.4 Å². The molecule has 0 spiro atoms. The third-order valence-corrected chi connectivity index (χ3v) is 6.54. The Balaban J connectivity index is 0.00000280. The van der Waals surface area contributed by atoms with E-state index in [9.17, 15) is 13.2 Å². The molecule has 2 fully saturated rings. The number of rotatable bonds is 5. The molecule has 0 saturated carbocycles. The molecule has 2 atom stereocenters. The molecule has 0 aliphatic carbocycles. The van der Waals surface area contributed by atoms with Gasteiger partial charge in [0, 0.05) is 25.3 Å². The largest absolute Gasteiger partial charge is 0.495 e. The van der Waals surface area contributed by atoms with Crippen LogP contribution in [-0.4, -0.2) is 77.3 Å². The van der Waals surface area contributed by atoms with Gasteiger partial charge in [-0.25, -0.2) is 8.42 Å². The van der Waals surface area contributed by atoms with Gasteiger partial charge in [0.15, 0.2) is 0 Å². The molecule has 2 aliphatic rings. The van der Waals surface area contributed by atoms with E-state index < -0.39 is 16.1 Å². The van der Waals surface area contributed by atoms with E-state index in [1.54, 1.807) is 6.07 Å². The lowest BCUT2D eigenvalue weighted by molar-refractivity contribution is -0.123. The normalized spacial score (nSPS) is 23.5. The summed E-state index contributed by atoms with van der Waals surface area (Å²) >= 11 is 0. The predicted octanol–water partition coefficient (Wildman–Crippen LogP) is 0.453. The van der Waals surface area contributed by atoms with Crippen LogP contribution in [0.1, 0.15) is 6.92 Å². The fourth-order valence-corrected chi connectivity index (χ4v) is 4.72. The molecule has 0 bridgehead atoms. The number of benzene rings is 1. The lowest BCUT2D eigenvalue weighted by atomic mass is 10.1. The Morgan fingerprint density at radius 3 is 2.64 bits per heavy atom. The summed E-state index contributed by atoms with van der Waals surface area (Å²) in [5.74, 6) is -0.0472. The highest BCUT2D eigenvalue weighted by Gasteiger charge is 2.31. The van der Waals surface area contributed by atoms with E-state index in [0.717, 1.165) is 0 Å². The quantitative estimate of drug-likeness (QED) is 0.691. The average molecular weight is 436 g/mol. The van der Waals surface area contributed by atoms with Crippen LogP contribution in [0.4, 0.5) is 5.69 Å². The van der Waals surface area contributed by atoms with E-state index in [0.29, 0.717) is 32.1 Å². The fraction of sp³-hybridized carbons (Fsp3) is 0.588. The predicted molar refractivity (Wildman–Crippen MR) is 106 cm³/mol. The van der Waals surface area contributed by atoms with Gasteiger partial charge in [0.05, 0.1) is 33.0 Å². The number of carbonyl (C=O) groups excluding carboxylic acids is 1. The molecular weight excluding hydrogens is 410 g/mol. The van der Waals surface area contributed by atoms with Crippen LogP contribution in [0.3, 0.4) is 0 Å². The molecule has 2 N–H and O–H groups in total. The SMILES string of the molecule is COc1ccc(NC(=O)[C@H]2NCCO[C@@H]2C)cc1S(=O)(=O)N1CCOCC1.Cl. The first-order valence-electron chi connectivity index (χ1n) is 8.85. The van der Waals surface area contributed by atoms with Crippen molar-refractivity contribution in [2.45, 2.75) is 24.0 Å². The Morgan fingerprint density at radius 1 is 1.29 bits per heavy atom. The summed E-state index contributed by atoms with van der Waals surface area (Å²) in [4.78, 5) is 12.6. The minimum absolute atomic E-state index is 0. The van der Waals surface area contributed by atoms with Gasteiger partial charge in [-0.2, -0.15) is 4.31 Å². The van der Waals surface area contributed by atoms with Crippen LogP contribution in [0.15, 0.2) is 23.1 Å². The van der Waals surface area contributed by atoms with Gasteiger partial charge < -0.3 is 24.8 Å². The Labute approximate surface area is 171 Å². The number of nitrogens with one attached hydrogen (secondary N) is 2. The van der Waals surface area contributed by atoms with Gasteiger partial charge in [0.2, 0.25) is 15.9 Å². The Bertz CT molecular complexity index is 785. The maximum absolute atomic E-state index is 13.0. The lowest BCUT2D eigenvalue weighted by Crippen LogP contribution is -2.53. The van der Waals surface area contributed by atoms with E-state index in [1.165, 1.54) is 23.5 Å². The van der Waals surface area contributed by atoms with Gasteiger partial charge in [-0.05, 0) is 25.1 Å². The zero-order chi connectivity index (χ0) is 19.4. The molecule has 2 aliphatic heterocycles. The first-order valence-corrected chi connectivity index (χ1v) is 10.3. The van der Waals surface area contributed by atoms with Crippen LogP contribution >= 0.6 is 12.4 Å². The lowest BCUT2D eigenvalue weighted by Gasteiger charge is -2.29. The molecular formula is C17H26ClN3O6S. The van der Waals surface area contributed by atoms with Crippen LogP contribution in [0.5, 0.6) is 5.75 Å². The molecule has 11 heteroatoms. The van der Waals surface area contributed by atoms with E-state index in [4.69, 9.17) is 14.2 Å². The molecule has 1 amide bonds. The number of anilines is 1. The van der Waals surface area contributed by atoms with Gasteiger partial charge in [-0.15, -0.1) is 12.4 Å². The molecule has 1 aromatic carbocycles. The minimum Gasteiger partial charge on any atom is -0.495 e. The first kappa shape index (κ1) is 22.9. The van der Waals surface area contributed by atoms with Gasteiger partial charge >= 0.3 is 0 Å². The van der Waals surface area contributed by atoms with Crippen molar-refractivity contribution in [2.24, 2.45) is 0 Å². The minimum atomic E-state index is -3.76. The molecule has 28 heavy (non-hydrogen) atoms. The van der Waals surface area contributed by atoms with Crippen molar-refractivity contribution in [3.8, 4) is 5.75 Å².